The minimum Gasteiger partial charge on any atom is -0.383 e. The topological polar surface area (TPSA) is 41.6 Å². The van der Waals surface area contributed by atoms with Crippen LogP contribution in [0.4, 0.5) is 4.39 Å². The maximum absolute atomic E-state index is 12.9. The van der Waals surface area contributed by atoms with Crippen molar-refractivity contribution in [3.05, 3.63) is 35.6 Å². The van der Waals surface area contributed by atoms with Crippen molar-refractivity contribution in [2.24, 2.45) is 5.92 Å². The fourth-order valence-electron chi connectivity index (χ4n) is 2.66. The van der Waals surface area contributed by atoms with E-state index in [1.807, 2.05) is 17.0 Å². The van der Waals surface area contributed by atoms with Gasteiger partial charge < -0.3 is 15.0 Å². The summed E-state index contributed by atoms with van der Waals surface area (Å²) in [5, 5.41) is 3.08. The maximum Gasteiger partial charge on any atom is 0.236 e. The standard InChI is InChI=1S/C16H23FN2O2/c1-21-9-7-18-11-16(20)19-8-6-14(12-19)10-13-2-4-15(17)5-3-13/h2-5,14,18H,6-12H2,1H3. The quantitative estimate of drug-likeness (QED) is 0.774. The van der Waals surface area contributed by atoms with Crippen LogP contribution in [0, 0.1) is 11.7 Å². The number of nitrogens with zero attached hydrogens (tertiary/aromatic N) is 1. The molecule has 1 aromatic carbocycles. The third-order valence-corrected chi connectivity index (χ3v) is 3.84. The molecule has 0 bridgehead atoms. The van der Waals surface area contributed by atoms with Gasteiger partial charge in [0.05, 0.1) is 13.2 Å². The Balaban J connectivity index is 1.72. The zero-order valence-electron chi connectivity index (χ0n) is 12.5. The molecule has 116 valence electrons. The van der Waals surface area contributed by atoms with Crippen LogP contribution in [-0.2, 0) is 16.0 Å². The van der Waals surface area contributed by atoms with Crippen molar-refractivity contribution in [1.82, 2.24) is 10.2 Å². The Morgan fingerprint density at radius 1 is 1.43 bits per heavy atom. The van der Waals surface area contributed by atoms with Crippen LogP contribution in [0.15, 0.2) is 24.3 Å². The molecular formula is C16H23FN2O2. The van der Waals surface area contributed by atoms with Crippen LogP contribution in [0.25, 0.3) is 0 Å². The smallest absolute Gasteiger partial charge is 0.236 e. The minimum absolute atomic E-state index is 0.146. The summed E-state index contributed by atoms with van der Waals surface area (Å²) in [6.07, 6.45) is 1.92. The van der Waals surface area contributed by atoms with Crippen LogP contribution in [0.1, 0.15) is 12.0 Å². The summed E-state index contributed by atoms with van der Waals surface area (Å²) in [5.74, 6) is 0.412. The molecule has 2 rings (SSSR count). The molecule has 4 nitrogen and oxygen atoms in total. The summed E-state index contributed by atoms with van der Waals surface area (Å²) in [5.41, 5.74) is 1.13. The molecule has 1 aliphatic heterocycles. The number of methoxy groups -OCH3 is 1. The Labute approximate surface area is 125 Å². The first kappa shape index (κ1) is 15.9. The average molecular weight is 294 g/mol. The second-order valence-corrected chi connectivity index (χ2v) is 5.49. The molecule has 0 saturated carbocycles. The zero-order chi connectivity index (χ0) is 15.1. The molecule has 1 fully saturated rings. The van der Waals surface area contributed by atoms with E-state index < -0.39 is 0 Å². The van der Waals surface area contributed by atoms with Gasteiger partial charge in [0.25, 0.3) is 0 Å². The predicted molar refractivity (Wildman–Crippen MR) is 79.5 cm³/mol. The molecule has 1 atom stereocenters. The molecule has 0 spiro atoms. The number of halogens is 1. The highest BCUT2D eigenvalue weighted by molar-refractivity contribution is 5.78. The van der Waals surface area contributed by atoms with E-state index in [0.29, 0.717) is 25.6 Å². The summed E-state index contributed by atoms with van der Waals surface area (Å²) in [4.78, 5) is 13.9. The van der Waals surface area contributed by atoms with Crippen LogP contribution in [0.5, 0.6) is 0 Å². The van der Waals surface area contributed by atoms with Crippen LogP contribution in [0.3, 0.4) is 0 Å². The van der Waals surface area contributed by atoms with Gasteiger partial charge in [0.1, 0.15) is 5.82 Å². The number of nitrogens with one attached hydrogen (secondary N) is 1. The van der Waals surface area contributed by atoms with Crippen molar-refractivity contribution >= 4 is 5.91 Å². The third-order valence-electron chi connectivity index (χ3n) is 3.84. The first-order valence-corrected chi connectivity index (χ1v) is 7.41. The molecule has 0 radical (unpaired) electrons. The zero-order valence-corrected chi connectivity index (χ0v) is 12.5. The SMILES string of the molecule is COCCNCC(=O)N1CCC(Cc2ccc(F)cc2)C1. The largest absolute Gasteiger partial charge is 0.383 e. The van der Waals surface area contributed by atoms with Crippen LogP contribution < -0.4 is 5.32 Å². The molecule has 21 heavy (non-hydrogen) atoms. The van der Waals surface area contributed by atoms with Gasteiger partial charge in [0.15, 0.2) is 0 Å². The molecule has 5 heteroatoms. The second kappa shape index (κ2) is 8.10. The van der Waals surface area contributed by atoms with E-state index in [9.17, 15) is 9.18 Å². The van der Waals surface area contributed by atoms with E-state index in [4.69, 9.17) is 4.74 Å². The van der Waals surface area contributed by atoms with Crippen molar-refractivity contribution in [2.45, 2.75) is 12.8 Å². The third kappa shape index (κ3) is 5.10. The molecule has 0 aliphatic carbocycles. The normalized spacial score (nSPS) is 18.2. The van der Waals surface area contributed by atoms with Crippen LogP contribution in [-0.4, -0.2) is 50.7 Å². The lowest BCUT2D eigenvalue weighted by molar-refractivity contribution is -0.129. The highest BCUT2D eigenvalue weighted by Crippen LogP contribution is 2.21. The Morgan fingerprint density at radius 3 is 2.90 bits per heavy atom. The van der Waals surface area contributed by atoms with E-state index in [1.165, 1.54) is 12.1 Å². The summed E-state index contributed by atoms with van der Waals surface area (Å²) >= 11 is 0. The van der Waals surface area contributed by atoms with Crippen molar-refractivity contribution < 1.29 is 13.9 Å². The number of likely N-dealkylation sites (tertiary alicyclic amines) is 1. The Morgan fingerprint density at radius 2 is 2.19 bits per heavy atom. The Kier molecular flexibility index (Phi) is 6.14. The van der Waals surface area contributed by atoms with E-state index in [1.54, 1.807) is 7.11 Å². The number of hydrogen-bond donors (Lipinski definition) is 1. The molecule has 0 aromatic heterocycles. The number of carbonyl (C=O) groups excluding carboxylic acids is 1. The number of hydrogen-bond acceptors (Lipinski definition) is 3. The minimum atomic E-state index is -0.205. The van der Waals surface area contributed by atoms with E-state index in [2.05, 4.69) is 5.32 Å². The number of ether oxygens (including phenoxy) is 1. The van der Waals surface area contributed by atoms with Crippen molar-refractivity contribution in [3.63, 3.8) is 0 Å². The first-order valence-electron chi connectivity index (χ1n) is 7.41. The lowest BCUT2D eigenvalue weighted by Gasteiger charge is -2.17. The lowest BCUT2D eigenvalue weighted by atomic mass is 9.99. The Bertz CT molecular complexity index is 450. The first-order chi connectivity index (χ1) is 10.2. The van der Waals surface area contributed by atoms with Gasteiger partial charge in [-0.25, -0.2) is 4.39 Å². The number of carbonyl (C=O) groups is 1. The van der Waals surface area contributed by atoms with E-state index in [0.717, 1.165) is 31.5 Å². The summed E-state index contributed by atoms with van der Waals surface area (Å²) in [6.45, 7) is 3.28. The van der Waals surface area contributed by atoms with Gasteiger partial charge in [-0.05, 0) is 36.5 Å². The number of benzene rings is 1. The highest BCUT2D eigenvalue weighted by atomic mass is 19.1. The molecule has 1 saturated heterocycles. The van der Waals surface area contributed by atoms with Gasteiger partial charge in [-0.1, -0.05) is 12.1 Å². The number of rotatable bonds is 7. The molecule has 1 N–H and O–H groups in total. The van der Waals surface area contributed by atoms with E-state index in [-0.39, 0.29) is 11.7 Å². The molecule has 1 heterocycles. The summed E-state index contributed by atoms with van der Waals surface area (Å²) < 4.78 is 17.8. The molecule has 1 unspecified atom stereocenters. The van der Waals surface area contributed by atoms with Gasteiger partial charge in [0, 0.05) is 26.7 Å². The molecular weight excluding hydrogens is 271 g/mol. The van der Waals surface area contributed by atoms with Gasteiger partial charge in [-0.3, -0.25) is 4.79 Å². The lowest BCUT2D eigenvalue weighted by Crippen LogP contribution is -2.37. The second-order valence-electron chi connectivity index (χ2n) is 5.49. The Hall–Kier alpha value is -1.46. The molecule has 1 aromatic rings. The van der Waals surface area contributed by atoms with Gasteiger partial charge >= 0.3 is 0 Å². The van der Waals surface area contributed by atoms with Crippen molar-refractivity contribution in [2.75, 3.05) is 39.9 Å². The van der Waals surface area contributed by atoms with Crippen molar-refractivity contribution in [1.29, 1.82) is 0 Å². The fraction of sp³-hybridized carbons (Fsp3) is 0.562. The molecule has 1 amide bonds. The van der Waals surface area contributed by atoms with Gasteiger partial charge in [0.2, 0.25) is 5.91 Å². The monoisotopic (exact) mass is 294 g/mol. The van der Waals surface area contributed by atoms with Crippen LogP contribution >= 0.6 is 0 Å². The number of amides is 1. The highest BCUT2D eigenvalue weighted by Gasteiger charge is 2.25. The van der Waals surface area contributed by atoms with Gasteiger partial charge in [-0.2, -0.15) is 0 Å². The summed E-state index contributed by atoms with van der Waals surface area (Å²) in [6, 6.07) is 6.64. The van der Waals surface area contributed by atoms with Gasteiger partial charge in [-0.15, -0.1) is 0 Å². The predicted octanol–water partition coefficient (Wildman–Crippen LogP) is 1.45. The van der Waals surface area contributed by atoms with Crippen LogP contribution in [0.2, 0.25) is 0 Å². The fourth-order valence-corrected chi connectivity index (χ4v) is 2.66. The van der Waals surface area contributed by atoms with Crippen molar-refractivity contribution in [3.8, 4) is 0 Å². The average Bonchev–Trinajstić information content (AvgIpc) is 2.94. The molecule has 1 aliphatic rings. The maximum atomic E-state index is 12.9. The summed E-state index contributed by atoms with van der Waals surface area (Å²) in [7, 11) is 1.64. The van der Waals surface area contributed by atoms with E-state index >= 15 is 0 Å².